The Kier molecular flexibility index (Phi) is 5.44. The third-order valence-corrected chi connectivity index (χ3v) is 3.04. The van der Waals surface area contributed by atoms with E-state index in [0.29, 0.717) is 6.61 Å². The summed E-state index contributed by atoms with van der Waals surface area (Å²) in [7, 11) is 1.67. The lowest BCUT2D eigenvalue weighted by molar-refractivity contribution is 0.284. The van der Waals surface area contributed by atoms with E-state index in [9.17, 15) is 0 Å². The van der Waals surface area contributed by atoms with Gasteiger partial charge in [-0.3, -0.25) is 0 Å². The summed E-state index contributed by atoms with van der Waals surface area (Å²) in [6, 6.07) is 16.2. The van der Waals surface area contributed by atoms with Crippen molar-refractivity contribution in [3.8, 4) is 11.5 Å². The molecule has 0 unspecified atom stereocenters. The predicted octanol–water partition coefficient (Wildman–Crippen LogP) is 3.38. The van der Waals surface area contributed by atoms with Crippen LogP contribution in [0.1, 0.15) is 18.1 Å². The molecule has 106 valence electrons. The number of hydrogen-bond donors (Lipinski definition) is 1. The van der Waals surface area contributed by atoms with E-state index in [-0.39, 0.29) is 0 Å². The molecular weight excluding hydrogens is 250 g/mol. The van der Waals surface area contributed by atoms with Crippen molar-refractivity contribution in [1.82, 2.24) is 5.32 Å². The first kappa shape index (κ1) is 14.4. The molecule has 2 aromatic carbocycles. The fourth-order valence-electron chi connectivity index (χ4n) is 1.95. The highest BCUT2D eigenvalue weighted by Crippen LogP contribution is 2.28. The lowest BCUT2D eigenvalue weighted by atomic mass is 10.2. The van der Waals surface area contributed by atoms with E-state index in [4.69, 9.17) is 9.47 Å². The van der Waals surface area contributed by atoms with Gasteiger partial charge in [-0.25, -0.2) is 0 Å². The molecule has 0 aliphatic rings. The Morgan fingerprint density at radius 3 is 2.45 bits per heavy atom. The minimum absolute atomic E-state index is 0.545. The second kappa shape index (κ2) is 7.56. The van der Waals surface area contributed by atoms with Gasteiger partial charge < -0.3 is 14.8 Å². The highest BCUT2D eigenvalue weighted by Gasteiger charge is 2.06. The molecule has 0 amide bonds. The topological polar surface area (TPSA) is 30.5 Å². The van der Waals surface area contributed by atoms with Gasteiger partial charge in [0, 0.05) is 6.54 Å². The van der Waals surface area contributed by atoms with Crippen LogP contribution in [0.25, 0.3) is 0 Å². The summed E-state index contributed by atoms with van der Waals surface area (Å²) in [6.45, 7) is 4.43. The normalized spacial score (nSPS) is 10.3. The number of ether oxygens (including phenoxy) is 2. The summed E-state index contributed by atoms with van der Waals surface area (Å²) in [5, 5.41) is 3.30. The van der Waals surface area contributed by atoms with Gasteiger partial charge in [0.05, 0.1) is 7.11 Å². The maximum absolute atomic E-state index is 5.83. The quantitative estimate of drug-likeness (QED) is 0.837. The number of rotatable bonds is 7. The fourth-order valence-corrected chi connectivity index (χ4v) is 1.95. The molecule has 2 aromatic rings. The first-order chi connectivity index (χ1) is 9.83. The SMILES string of the molecule is CCNCc1ccc(OCc2ccccc2)c(OC)c1. The standard InChI is InChI=1S/C17H21NO2/c1-3-18-12-15-9-10-16(17(11-15)19-2)20-13-14-7-5-4-6-8-14/h4-11,18H,3,12-13H2,1-2H3. The van der Waals surface area contributed by atoms with Crippen LogP contribution in [0.3, 0.4) is 0 Å². The average Bonchev–Trinajstić information content (AvgIpc) is 2.52. The van der Waals surface area contributed by atoms with Gasteiger partial charge in [0.2, 0.25) is 0 Å². The molecule has 3 heteroatoms. The van der Waals surface area contributed by atoms with Gasteiger partial charge in [0.15, 0.2) is 11.5 Å². The van der Waals surface area contributed by atoms with Crippen LogP contribution >= 0.6 is 0 Å². The van der Waals surface area contributed by atoms with Crippen molar-refractivity contribution >= 4 is 0 Å². The van der Waals surface area contributed by atoms with Gasteiger partial charge in [0.1, 0.15) is 6.61 Å². The fraction of sp³-hybridized carbons (Fsp3) is 0.294. The van der Waals surface area contributed by atoms with E-state index in [2.05, 4.69) is 18.3 Å². The third kappa shape index (κ3) is 4.00. The summed E-state index contributed by atoms with van der Waals surface area (Å²) in [6.07, 6.45) is 0. The summed E-state index contributed by atoms with van der Waals surface area (Å²) in [4.78, 5) is 0. The van der Waals surface area contributed by atoms with Crippen LogP contribution in [0.5, 0.6) is 11.5 Å². The van der Waals surface area contributed by atoms with Gasteiger partial charge in [0.25, 0.3) is 0 Å². The Balaban J connectivity index is 2.03. The highest BCUT2D eigenvalue weighted by atomic mass is 16.5. The molecule has 20 heavy (non-hydrogen) atoms. The van der Waals surface area contributed by atoms with Crippen LogP contribution in [0.2, 0.25) is 0 Å². The van der Waals surface area contributed by atoms with E-state index >= 15 is 0 Å². The molecule has 0 bridgehead atoms. The zero-order valence-electron chi connectivity index (χ0n) is 12.1. The maximum Gasteiger partial charge on any atom is 0.161 e. The van der Waals surface area contributed by atoms with E-state index in [0.717, 1.165) is 30.2 Å². The summed E-state index contributed by atoms with van der Waals surface area (Å²) in [5.74, 6) is 1.55. The molecule has 2 rings (SSSR count). The first-order valence-electron chi connectivity index (χ1n) is 6.88. The third-order valence-electron chi connectivity index (χ3n) is 3.04. The van der Waals surface area contributed by atoms with Gasteiger partial charge in [-0.05, 0) is 29.8 Å². The zero-order chi connectivity index (χ0) is 14.2. The Labute approximate surface area is 120 Å². The van der Waals surface area contributed by atoms with Crippen LogP contribution in [-0.2, 0) is 13.2 Å². The Bertz CT molecular complexity index is 526. The van der Waals surface area contributed by atoms with Crippen LogP contribution < -0.4 is 14.8 Å². The Hall–Kier alpha value is -2.00. The largest absolute Gasteiger partial charge is 0.493 e. The molecule has 0 spiro atoms. The minimum Gasteiger partial charge on any atom is -0.493 e. The van der Waals surface area contributed by atoms with Gasteiger partial charge in [-0.15, -0.1) is 0 Å². The molecule has 0 aliphatic heterocycles. The predicted molar refractivity (Wildman–Crippen MR) is 81.1 cm³/mol. The van der Waals surface area contributed by atoms with Crippen LogP contribution in [-0.4, -0.2) is 13.7 Å². The Morgan fingerprint density at radius 2 is 1.75 bits per heavy atom. The average molecular weight is 271 g/mol. The second-order valence-electron chi connectivity index (χ2n) is 4.54. The van der Waals surface area contributed by atoms with E-state index in [1.165, 1.54) is 5.56 Å². The highest BCUT2D eigenvalue weighted by molar-refractivity contribution is 5.43. The molecule has 0 saturated heterocycles. The van der Waals surface area contributed by atoms with Gasteiger partial charge in [-0.1, -0.05) is 43.3 Å². The second-order valence-corrected chi connectivity index (χ2v) is 4.54. The zero-order valence-corrected chi connectivity index (χ0v) is 12.1. The van der Waals surface area contributed by atoms with Crippen LogP contribution in [0.4, 0.5) is 0 Å². The molecular formula is C17H21NO2. The molecule has 0 atom stereocenters. The summed E-state index contributed by atoms with van der Waals surface area (Å²) in [5.41, 5.74) is 2.34. The molecule has 0 heterocycles. The molecule has 0 aromatic heterocycles. The van der Waals surface area contributed by atoms with E-state index in [1.807, 2.05) is 42.5 Å². The first-order valence-corrected chi connectivity index (χ1v) is 6.88. The number of hydrogen-bond acceptors (Lipinski definition) is 3. The number of benzene rings is 2. The van der Waals surface area contributed by atoms with Crippen molar-refractivity contribution in [2.24, 2.45) is 0 Å². The van der Waals surface area contributed by atoms with Crippen LogP contribution in [0, 0.1) is 0 Å². The van der Waals surface area contributed by atoms with Crippen LogP contribution in [0.15, 0.2) is 48.5 Å². The van der Waals surface area contributed by atoms with Gasteiger partial charge in [-0.2, -0.15) is 0 Å². The van der Waals surface area contributed by atoms with Crippen molar-refractivity contribution in [2.75, 3.05) is 13.7 Å². The van der Waals surface area contributed by atoms with Gasteiger partial charge >= 0.3 is 0 Å². The minimum atomic E-state index is 0.545. The molecule has 0 fully saturated rings. The number of nitrogens with one attached hydrogen (secondary N) is 1. The van der Waals surface area contributed by atoms with Crippen molar-refractivity contribution in [2.45, 2.75) is 20.1 Å². The maximum atomic E-state index is 5.83. The molecule has 1 N–H and O–H groups in total. The van der Waals surface area contributed by atoms with E-state index < -0.39 is 0 Å². The monoisotopic (exact) mass is 271 g/mol. The van der Waals surface area contributed by atoms with Crippen molar-refractivity contribution in [1.29, 1.82) is 0 Å². The molecule has 0 saturated carbocycles. The Morgan fingerprint density at radius 1 is 0.950 bits per heavy atom. The molecule has 0 radical (unpaired) electrons. The number of methoxy groups -OCH3 is 1. The summed E-state index contributed by atoms with van der Waals surface area (Å²) >= 11 is 0. The lowest BCUT2D eigenvalue weighted by Gasteiger charge is -2.12. The molecule has 3 nitrogen and oxygen atoms in total. The smallest absolute Gasteiger partial charge is 0.161 e. The van der Waals surface area contributed by atoms with E-state index in [1.54, 1.807) is 7.11 Å². The lowest BCUT2D eigenvalue weighted by Crippen LogP contribution is -2.11. The van der Waals surface area contributed by atoms with Crippen molar-refractivity contribution in [3.63, 3.8) is 0 Å². The molecule has 0 aliphatic carbocycles. The van der Waals surface area contributed by atoms with Crippen molar-refractivity contribution < 1.29 is 9.47 Å². The van der Waals surface area contributed by atoms with Crippen molar-refractivity contribution in [3.05, 3.63) is 59.7 Å². The summed E-state index contributed by atoms with van der Waals surface area (Å²) < 4.78 is 11.2.